The molecule has 1 aromatic carbocycles. The van der Waals surface area contributed by atoms with Gasteiger partial charge in [0.25, 0.3) is 0 Å². The molecule has 1 N–H and O–H groups in total. The number of amides is 1. The van der Waals surface area contributed by atoms with Gasteiger partial charge in [-0.2, -0.15) is 0 Å². The van der Waals surface area contributed by atoms with Crippen LogP contribution < -0.4 is 14.4 Å². The van der Waals surface area contributed by atoms with Crippen molar-refractivity contribution in [3.05, 3.63) is 18.2 Å². The van der Waals surface area contributed by atoms with E-state index in [1.807, 2.05) is 0 Å². The first kappa shape index (κ1) is 16.8. The van der Waals surface area contributed by atoms with Gasteiger partial charge in [-0.15, -0.1) is 0 Å². The van der Waals surface area contributed by atoms with E-state index in [9.17, 15) is 9.59 Å². The second-order valence-corrected chi connectivity index (χ2v) is 4.63. The predicted octanol–water partition coefficient (Wildman–Crippen LogP) is 2.17. The van der Waals surface area contributed by atoms with Crippen LogP contribution in [-0.2, 0) is 9.59 Å². The molecule has 0 bridgehead atoms. The van der Waals surface area contributed by atoms with Gasteiger partial charge in [-0.25, -0.2) is 0 Å². The summed E-state index contributed by atoms with van der Waals surface area (Å²) in [5.74, 6) is -0.741. The minimum absolute atomic E-state index is 0.0749. The van der Waals surface area contributed by atoms with Crippen LogP contribution >= 0.6 is 0 Å². The lowest BCUT2D eigenvalue weighted by Gasteiger charge is -2.26. The molecule has 21 heavy (non-hydrogen) atoms. The molecular formula is C15H21NO5. The van der Waals surface area contributed by atoms with Crippen molar-refractivity contribution in [3.63, 3.8) is 0 Å². The highest BCUT2D eigenvalue weighted by Gasteiger charge is 2.24. The molecule has 1 atom stereocenters. The van der Waals surface area contributed by atoms with Gasteiger partial charge in [-0.1, -0.05) is 13.8 Å². The van der Waals surface area contributed by atoms with Gasteiger partial charge in [0.1, 0.15) is 11.5 Å². The van der Waals surface area contributed by atoms with Gasteiger partial charge in [-0.05, 0) is 12.1 Å². The van der Waals surface area contributed by atoms with Crippen molar-refractivity contribution in [3.8, 4) is 11.5 Å². The van der Waals surface area contributed by atoms with Crippen LogP contribution in [0, 0.1) is 5.92 Å². The van der Waals surface area contributed by atoms with E-state index in [0.717, 1.165) is 0 Å². The van der Waals surface area contributed by atoms with E-state index in [0.29, 0.717) is 17.2 Å². The topological polar surface area (TPSA) is 76.1 Å². The van der Waals surface area contributed by atoms with Crippen molar-refractivity contribution in [2.75, 3.05) is 25.7 Å². The third-order valence-electron chi connectivity index (χ3n) is 3.16. The van der Waals surface area contributed by atoms with Crippen LogP contribution in [0.2, 0.25) is 0 Å². The zero-order valence-corrected chi connectivity index (χ0v) is 12.8. The van der Waals surface area contributed by atoms with Crippen molar-refractivity contribution in [1.29, 1.82) is 0 Å². The number of rotatable bonds is 7. The maximum atomic E-state index is 12.2. The summed E-state index contributed by atoms with van der Waals surface area (Å²) < 4.78 is 10.4. The van der Waals surface area contributed by atoms with Crippen molar-refractivity contribution in [2.24, 2.45) is 5.92 Å². The average Bonchev–Trinajstić information content (AvgIpc) is 2.50. The zero-order chi connectivity index (χ0) is 16.0. The maximum Gasteiger partial charge on any atom is 0.308 e. The number of hydrogen-bond donors (Lipinski definition) is 1. The molecule has 1 rings (SSSR count). The van der Waals surface area contributed by atoms with Crippen LogP contribution in [0.4, 0.5) is 5.69 Å². The fourth-order valence-corrected chi connectivity index (χ4v) is 1.89. The van der Waals surface area contributed by atoms with E-state index in [1.165, 1.54) is 19.1 Å². The van der Waals surface area contributed by atoms with Gasteiger partial charge >= 0.3 is 5.97 Å². The Balaban J connectivity index is 3.24. The number of nitrogens with zero attached hydrogens (tertiary/aromatic N) is 1. The smallest absolute Gasteiger partial charge is 0.308 e. The first-order valence-electron chi connectivity index (χ1n) is 6.69. The van der Waals surface area contributed by atoms with Gasteiger partial charge in [0.05, 0.1) is 25.8 Å². The van der Waals surface area contributed by atoms with Gasteiger partial charge < -0.3 is 19.5 Å². The highest BCUT2D eigenvalue weighted by molar-refractivity contribution is 5.95. The minimum atomic E-state index is -0.953. The molecule has 1 amide bonds. The summed E-state index contributed by atoms with van der Waals surface area (Å²) in [6.45, 7) is 3.36. The first-order chi connectivity index (χ1) is 9.94. The molecule has 6 heteroatoms. The number of benzene rings is 1. The number of carboxylic acid groups (broad SMARTS) is 1. The van der Waals surface area contributed by atoms with Crippen LogP contribution in [0.1, 0.15) is 20.3 Å². The highest BCUT2D eigenvalue weighted by Crippen LogP contribution is 2.33. The standard InChI is InChI=1S/C15H21NO5/c1-5-14(17)16(9-10(2)15(18)19)12-8-11(20-3)6-7-13(12)21-4/h6-8,10H,5,9H2,1-4H3,(H,18,19). The molecule has 1 unspecified atom stereocenters. The summed E-state index contributed by atoms with van der Waals surface area (Å²) in [7, 11) is 3.03. The summed E-state index contributed by atoms with van der Waals surface area (Å²) in [6.07, 6.45) is 0.271. The summed E-state index contributed by atoms with van der Waals surface area (Å²) in [6, 6.07) is 5.08. The lowest BCUT2D eigenvalue weighted by atomic mass is 10.1. The average molecular weight is 295 g/mol. The Morgan fingerprint density at radius 2 is 1.95 bits per heavy atom. The number of hydrogen-bond acceptors (Lipinski definition) is 4. The van der Waals surface area contributed by atoms with E-state index in [-0.39, 0.29) is 18.9 Å². The van der Waals surface area contributed by atoms with Gasteiger partial charge in [-0.3, -0.25) is 9.59 Å². The van der Waals surface area contributed by atoms with Crippen LogP contribution in [0.5, 0.6) is 11.5 Å². The van der Waals surface area contributed by atoms with E-state index >= 15 is 0 Å². The molecule has 0 saturated heterocycles. The van der Waals surface area contributed by atoms with Crippen LogP contribution in [0.15, 0.2) is 18.2 Å². The Kier molecular flexibility index (Phi) is 6.02. The first-order valence-corrected chi connectivity index (χ1v) is 6.69. The molecule has 1 aromatic rings. The van der Waals surface area contributed by atoms with Crippen molar-refractivity contribution in [2.45, 2.75) is 20.3 Å². The summed E-state index contributed by atoms with van der Waals surface area (Å²) in [5.41, 5.74) is 0.511. The highest BCUT2D eigenvalue weighted by atomic mass is 16.5. The second-order valence-electron chi connectivity index (χ2n) is 4.63. The fourth-order valence-electron chi connectivity index (χ4n) is 1.89. The fraction of sp³-hybridized carbons (Fsp3) is 0.467. The summed E-state index contributed by atoms with van der Waals surface area (Å²) in [5, 5.41) is 9.07. The van der Waals surface area contributed by atoms with Gasteiger partial charge in [0, 0.05) is 19.0 Å². The molecule has 0 heterocycles. The Labute approximate surface area is 124 Å². The molecular weight excluding hydrogens is 274 g/mol. The lowest BCUT2D eigenvalue weighted by molar-refractivity contribution is -0.140. The molecule has 0 aromatic heterocycles. The van der Waals surface area contributed by atoms with E-state index in [4.69, 9.17) is 14.6 Å². The van der Waals surface area contributed by atoms with Crippen LogP contribution in [0.3, 0.4) is 0 Å². The van der Waals surface area contributed by atoms with E-state index < -0.39 is 11.9 Å². The van der Waals surface area contributed by atoms with Crippen molar-refractivity contribution >= 4 is 17.6 Å². The third kappa shape index (κ3) is 4.11. The number of carbonyl (C=O) groups is 2. The molecule has 0 radical (unpaired) electrons. The zero-order valence-electron chi connectivity index (χ0n) is 12.8. The molecule has 116 valence electrons. The van der Waals surface area contributed by atoms with Gasteiger partial charge in [0.15, 0.2) is 0 Å². The Morgan fingerprint density at radius 1 is 1.29 bits per heavy atom. The molecule has 0 aliphatic heterocycles. The quantitative estimate of drug-likeness (QED) is 0.834. The maximum absolute atomic E-state index is 12.2. The molecule has 0 spiro atoms. The van der Waals surface area contributed by atoms with Crippen LogP contribution in [0.25, 0.3) is 0 Å². The van der Waals surface area contributed by atoms with Crippen molar-refractivity contribution in [1.82, 2.24) is 0 Å². The normalized spacial score (nSPS) is 11.6. The SMILES string of the molecule is CCC(=O)N(CC(C)C(=O)O)c1cc(OC)ccc1OC. The second kappa shape index (κ2) is 7.52. The Bertz CT molecular complexity index is 515. The lowest BCUT2D eigenvalue weighted by Crippen LogP contribution is -2.36. The minimum Gasteiger partial charge on any atom is -0.497 e. The largest absolute Gasteiger partial charge is 0.497 e. The Hall–Kier alpha value is -2.24. The van der Waals surface area contributed by atoms with Crippen LogP contribution in [-0.4, -0.2) is 37.7 Å². The number of carbonyl (C=O) groups excluding carboxylic acids is 1. The number of anilines is 1. The third-order valence-corrected chi connectivity index (χ3v) is 3.16. The Morgan fingerprint density at radius 3 is 2.43 bits per heavy atom. The number of ether oxygens (including phenoxy) is 2. The molecule has 6 nitrogen and oxygen atoms in total. The van der Waals surface area contributed by atoms with Gasteiger partial charge in [0.2, 0.25) is 5.91 Å². The van der Waals surface area contributed by atoms with E-state index in [1.54, 1.807) is 32.0 Å². The number of aliphatic carboxylic acids is 1. The summed E-state index contributed by atoms with van der Waals surface area (Å²) in [4.78, 5) is 24.7. The number of methoxy groups -OCH3 is 2. The molecule has 0 aliphatic carbocycles. The predicted molar refractivity (Wildman–Crippen MR) is 79.0 cm³/mol. The summed E-state index contributed by atoms with van der Waals surface area (Å²) >= 11 is 0. The number of carboxylic acids is 1. The monoisotopic (exact) mass is 295 g/mol. The molecule has 0 fully saturated rings. The molecule has 0 aliphatic rings. The van der Waals surface area contributed by atoms with Crippen molar-refractivity contribution < 1.29 is 24.2 Å². The van der Waals surface area contributed by atoms with E-state index in [2.05, 4.69) is 0 Å². The molecule has 0 saturated carbocycles.